The van der Waals surface area contributed by atoms with Crippen molar-refractivity contribution in [1.29, 1.82) is 0 Å². The van der Waals surface area contributed by atoms with Gasteiger partial charge in [0, 0.05) is 62.4 Å². The molecule has 34 heavy (non-hydrogen) atoms. The molecule has 1 fully saturated rings. The SMILES string of the molecule is CNC(=O)c1ccc(-c2cnc(N3CCN(C=O)CC3)nc2)cc1NC(C)c1ccccc1F. The fourth-order valence-corrected chi connectivity index (χ4v) is 3.97. The van der Waals surface area contributed by atoms with Crippen LogP contribution in [0.15, 0.2) is 54.9 Å². The second-order valence-electron chi connectivity index (χ2n) is 8.13. The Bertz CT molecular complexity index is 1160. The summed E-state index contributed by atoms with van der Waals surface area (Å²) < 4.78 is 14.3. The smallest absolute Gasteiger partial charge is 0.253 e. The van der Waals surface area contributed by atoms with E-state index in [0.29, 0.717) is 48.9 Å². The van der Waals surface area contributed by atoms with Gasteiger partial charge in [-0.15, -0.1) is 0 Å². The Kier molecular flexibility index (Phi) is 7.01. The monoisotopic (exact) mass is 462 g/mol. The number of halogens is 1. The Balaban J connectivity index is 1.58. The van der Waals surface area contributed by atoms with Crippen LogP contribution >= 0.6 is 0 Å². The Hall–Kier alpha value is -4.01. The second-order valence-corrected chi connectivity index (χ2v) is 8.13. The van der Waals surface area contributed by atoms with Crippen LogP contribution in [0.2, 0.25) is 0 Å². The van der Waals surface area contributed by atoms with Crippen LogP contribution in [0.25, 0.3) is 11.1 Å². The van der Waals surface area contributed by atoms with E-state index in [1.54, 1.807) is 48.6 Å². The topological polar surface area (TPSA) is 90.5 Å². The summed E-state index contributed by atoms with van der Waals surface area (Å²) in [6.45, 7) is 4.50. The summed E-state index contributed by atoms with van der Waals surface area (Å²) in [5.74, 6) is 0.0664. The molecule has 3 aromatic rings. The number of piperazine rings is 1. The predicted molar refractivity (Wildman–Crippen MR) is 129 cm³/mol. The third kappa shape index (κ3) is 4.98. The minimum Gasteiger partial charge on any atom is -0.378 e. The lowest BCUT2D eigenvalue weighted by Gasteiger charge is -2.32. The number of rotatable bonds is 7. The van der Waals surface area contributed by atoms with Gasteiger partial charge in [-0.05, 0) is 30.7 Å². The van der Waals surface area contributed by atoms with E-state index in [4.69, 9.17) is 0 Å². The van der Waals surface area contributed by atoms with Gasteiger partial charge in [0.25, 0.3) is 5.91 Å². The summed E-state index contributed by atoms with van der Waals surface area (Å²) in [5, 5.41) is 5.93. The van der Waals surface area contributed by atoms with Gasteiger partial charge in [0.1, 0.15) is 5.82 Å². The molecule has 0 radical (unpaired) electrons. The zero-order valence-electron chi connectivity index (χ0n) is 19.2. The average molecular weight is 463 g/mol. The van der Waals surface area contributed by atoms with Crippen LogP contribution in [0.5, 0.6) is 0 Å². The highest BCUT2D eigenvalue weighted by atomic mass is 19.1. The Labute approximate surface area is 197 Å². The van der Waals surface area contributed by atoms with Gasteiger partial charge in [-0.3, -0.25) is 9.59 Å². The van der Waals surface area contributed by atoms with Crippen molar-refractivity contribution >= 4 is 24.0 Å². The normalized spacial score (nSPS) is 14.4. The first-order valence-corrected chi connectivity index (χ1v) is 11.1. The molecule has 1 aromatic heterocycles. The Morgan fingerprint density at radius 3 is 2.41 bits per heavy atom. The first kappa shape index (κ1) is 23.2. The summed E-state index contributed by atoms with van der Waals surface area (Å²) in [6, 6.07) is 11.6. The quantitative estimate of drug-likeness (QED) is 0.525. The molecule has 1 unspecified atom stereocenters. The zero-order valence-corrected chi connectivity index (χ0v) is 19.2. The molecular formula is C25H27FN6O2. The molecule has 0 bridgehead atoms. The maximum atomic E-state index is 14.3. The van der Waals surface area contributed by atoms with Crippen LogP contribution in [-0.2, 0) is 4.79 Å². The summed E-state index contributed by atoms with van der Waals surface area (Å²) >= 11 is 0. The van der Waals surface area contributed by atoms with Crippen LogP contribution in [0.4, 0.5) is 16.0 Å². The highest BCUT2D eigenvalue weighted by Crippen LogP contribution is 2.29. The zero-order chi connectivity index (χ0) is 24.1. The number of amides is 2. The van der Waals surface area contributed by atoms with E-state index in [1.165, 1.54) is 6.07 Å². The third-order valence-corrected chi connectivity index (χ3v) is 5.95. The molecule has 2 amide bonds. The molecule has 8 nitrogen and oxygen atoms in total. The van der Waals surface area contributed by atoms with Crippen LogP contribution in [0.3, 0.4) is 0 Å². The number of carbonyl (C=O) groups excluding carboxylic acids is 2. The lowest BCUT2D eigenvalue weighted by molar-refractivity contribution is -0.118. The Morgan fingerprint density at radius 1 is 1.06 bits per heavy atom. The van der Waals surface area contributed by atoms with Gasteiger partial charge < -0.3 is 20.4 Å². The third-order valence-electron chi connectivity index (χ3n) is 5.95. The average Bonchev–Trinajstić information content (AvgIpc) is 2.88. The molecule has 2 aromatic carbocycles. The molecule has 1 atom stereocenters. The van der Waals surface area contributed by atoms with Gasteiger partial charge in [-0.25, -0.2) is 14.4 Å². The molecule has 1 aliphatic rings. The maximum absolute atomic E-state index is 14.3. The number of anilines is 2. The largest absolute Gasteiger partial charge is 0.378 e. The van der Waals surface area contributed by atoms with E-state index < -0.39 is 0 Å². The number of nitrogens with zero attached hydrogens (tertiary/aromatic N) is 4. The van der Waals surface area contributed by atoms with E-state index in [9.17, 15) is 14.0 Å². The number of hydrogen-bond donors (Lipinski definition) is 2. The standard InChI is InChI=1S/C25H27FN6O2/c1-17(20-5-3-4-6-22(20)26)30-23-13-18(7-8-21(23)24(34)27-2)19-14-28-25(29-15-19)32-11-9-31(16-33)10-12-32/h3-8,13-17,30H,9-12H2,1-2H3,(H,27,34). The van der Waals surface area contributed by atoms with E-state index in [-0.39, 0.29) is 17.8 Å². The highest BCUT2D eigenvalue weighted by molar-refractivity contribution is 6.00. The van der Waals surface area contributed by atoms with E-state index >= 15 is 0 Å². The molecule has 4 rings (SSSR count). The first-order valence-electron chi connectivity index (χ1n) is 11.1. The highest BCUT2D eigenvalue weighted by Gasteiger charge is 2.19. The molecule has 1 saturated heterocycles. The lowest BCUT2D eigenvalue weighted by atomic mass is 10.0. The minimum absolute atomic E-state index is 0.240. The maximum Gasteiger partial charge on any atom is 0.253 e. The summed E-state index contributed by atoms with van der Waals surface area (Å²) in [7, 11) is 1.57. The molecular weight excluding hydrogens is 435 g/mol. The van der Waals surface area contributed by atoms with Crippen molar-refractivity contribution in [1.82, 2.24) is 20.2 Å². The van der Waals surface area contributed by atoms with Crippen LogP contribution in [-0.4, -0.2) is 60.4 Å². The second kappa shape index (κ2) is 10.3. The van der Waals surface area contributed by atoms with E-state index in [1.807, 2.05) is 24.0 Å². The molecule has 2 heterocycles. The summed E-state index contributed by atoms with van der Waals surface area (Å²) in [6.07, 6.45) is 4.35. The van der Waals surface area contributed by atoms with Crippen molar-refractivity contribution < 1.29 is 14.0 Å². The molecule has 9 heteroatoms. The van der Waals surface area contributed by atoms with Crippen LogP contribution in [0, 0.1) is 5.82 Å². The molecule has 0 spiro atoms. The van der Waals surface area contributed by atoms with Gasteiger partial charge in [-0.2, -0.15) is 0 Å². The predicted octanol–water partition coefficient (Wildman–Crippen LogP) is 3.09. The van der Waals surface area contributed by atoms with Gasteiger partial charge in [0.15, 0.2) is 0 Å². The van der Waals surface area contributed by atoms with Crippen LogP contribution in [0.1, 0.15) is 28.9 Å². The van der Waals surface area contributed by atoms with Crippen molar-refractivity contribution in [2.45, 2.75) is 13.0 Å². The molecule has 1 aliphatic heterocycles. The summed E-state index contributed by atoms with van der Waals surface area (Å²) in [5.41, 5.74) is 3.17. The van der Waals surface area contributed by atoms with Crippen molar-refractivity contribution in [3.8, 4) is 11.1 Å². The number of aromatic nitrogens is 2. The van der Waals surface area contributed by atoms with Crippen molar-refractivity contribution in [2.75, 3.05) is 43.4 Å². The number of hydrogen-bond acceptors (Lipinski definition) is 6. The van der Waals surface area contributed by atoms with E-state index in [2.05, 4.69) is 20.6 Å². The summed E-state index contributed by atoms with van der Waals surface area (Å²) in [4.78, 5) is 36.2. The van der Waals surface area contributed by atoms with Gasteiger partial charge in [0.2, 0.25) is 12.4 Å². The number of nitrogens with one attached hydrogen (secondary N) is 2. The Morgan fingerprint density at radius 2 is 1.76 bits per heavy atom. The van der Waals surface area contributed by atoms with Gasteiger partial charge in [-0.1, -0.05) is 24.3 Å². The molecule has 0 aliphatic carbocycles. The fraction of sp³-hybridized carbons (Fsp3) is 0.280. The van der Waals surface area contributed by atoms with E-state index in [0.717, 1.165) is 17.5 Å². The fourth-order valence-electron chi connectivity index (χ4n) is 3.97. The minimum atomic E-state index is -0.358. The number of benzene rings is 2. The molecule has 176 valence electrons. The van der Waals surface area contributed by atoms with Crippen LogP contribution < -0.4 is 15.5 Å². The molecule has 0 saturated carbocycles. The van der Waals surface area contributed by atoms with Gasteiger partial charge >= 0.3 is 0 Å². The number of carbonyl (C=O) groups is 2. The van der Waals surface area contributed by atoms with Crippen molar-refractivity contribution in [3.63, 3.8) is 0 Å². The van der Waals surface area contributed by atoms with Crippen molar-refractivity contribution in [3.05, 3.63) is 71.8 Å². The lowest BCUT2D eigenvalue weighted by Crippen LogP contribution is -2.46. The van der Waals surface area contributed by atoms with Gasteiger partial charge in [0.05, 0.1) is 11.6 Å². The molecule has 2 N–H and O–H groups in total. The van der Waals surface area contributed by atoms with Crippen molar-refractivity contribution in [2.24, 2.45) is 0 Å². The first-order chi connectivity index (χ1) is 16.5.